The fourth-order valence-corrected chi connectivity index (χ4v) is 3.30. The minimum Gasteiger partial charge on any atom is -0.468 e. The van der Waals surface area contributed by atoms with Gasteiger partial charge in [-0.05, 0) is 49.8 Å². The number of rotatable bonds is 2. The highest BCUT2D eigenvalue weighted by atomic mass is 16.3. The monoisotopic (exact) mass is 310 g/mol. The standard InChI is InChI=1S/C18H22N4O/c1-10-4-5-11(2)14(6-10)13-7-15(21-22-18(19)20)17-12(3)9-23-16(17)8-13/h4-6,9,13H,7-8H2,1-3H3,(H4,19,20,22)/b21-15-. The lowest BCUT2D eigenvalue weighted by molar-refractivity contribution is 0.479. The van der Waals surface area contributed by atoms with E-state index < -0.39 is 0 Å². The predicted octanol–water partition coefficient (Wildman–Crippen LogP) is 2.91. The van der Waals surface area contributed by atoms with Crippen LogP contribution in [0.4, 0.5) is 0 Å². The summed E-state index contributed by atoms with van der Waals surface area (Å²) in [6.45, 7) is 6.28. The normalized spacial score (nSPS) is 18.7. The van der Waals surface area contributed by atoms with Crippen LogP contribution in [0.15, 0.2) is 39.1 Å². The Morgan fingerprint density at radius 2 is 1.91 bits per heavy atom. The van der Waals surface area contributed by atoms with E-state index in [9.17, 15) is 0 Å². The number of furan rings is 1. The highest BCUT2D eigenvalue weighted by Crippen LogP contribution is 2.37. The number of benzene rings is 1. The highest BCUT2D eigenvalue weighted by Gasteiger charge is 2.30. The molecule has 1 heterocycles. The summed E-state index contributed by atoms with van der Waals surface area (Å²) < 4.78 is 5.75. The number of guanidine groups is 1. The fourth-order valence-electron chi connectivity index (χ4n) is 3.30. The van der Waals surface area contributed by atoms with Gasteiger partial charge in [0.25, 0.3) is 0 Å². The predicted molar refractivity (Wildman–Crippen MR) is 92.8 cm³/mol. The summed E-state index contributed by atoms with van der Waals surface area (Å²) >= 11 is 0. The Hall–Kier alpha value is -2.56. The smallest absolute Gasteiger partial charge is 0.211 e. The van der Waals surface area contributed by atoms with Crippen molar-refractivity contribution in [2.75, 3.05) is 0 Å². The van der Waals surface area contributed by atoms with Crippen LogP contribution in [-0.4, -0.2) is 11.7 Å². The molecule has 5 heteroatoms. The van der Waals surface area contributed by atoms with Gasteiger partial charge >= 0.3 is 0 Å². The van der Waals surface area contributed by atoms with Crippen LogP contribution in [0.5, 0.6) is 0 Å². The average molecular weight is 310 g/mol. The van der Waals surface area contributed by atoms with E-state index in [-0.39, 0.29) is 5.96 Å². The second-order valence-corrected chi connectivity index (χ2v) is 6.25. The molecule has 4 N–H and O–H groups in total. The van der Waals surface area contributed by atoms with Gasteiger partial charge in [-0.3, -0.25) is 0 Å². The van der Waals surface area contributed by atoms with E-state index in [1.54, 1.807) is 6.26 Å². The van der Waals surface area contributed by atoms with E-state index in [0.29, 0.717) is 5.92 Å². The molecule has 1 aromatic carbocycles. The van der Waals surface area contributed by atoms with Crippen molar-refractivity contribution < 1.29 is 4.42 Å². The number of hydrogen-bond donors (Lipinski definition) is 2. The third-order valence-electron chi connectivity index (χ3n) is 4.37. The van der Waals surface area contributed by atoms with Crippen LogP contribution >= 0.6 is 0 Å². The van der Waals surface area contributed by atoms with Crippen LogP contribution < -0.4 is 11.5 Å². The Morgan fingerprint density at radius 1 is 1.13 bits per heavy atom. The number of aryl methyl sites for hydroxylation is 3. The summed E-state index contributed by atoms with van der Waals surface area (Å²) in [6.07, 6.45) is 3.45. The maximum Gasteiger partial charge on any atom is 0.211 e. The van der Waals surface area contributed by atoms with Gasteiger partial charge in [0, 0.05) is 12.0 Å². The van der Waals surface area contributed by atoms with Crippen LogP contribution in [0, 0.1) is 20.8 Å². The summed E-state index contributed by atoms with van der Waals surface area (Å²) in [7, 11) is 0. The van der Waals surface area contributed by atoms with E-state index in [1.807, 2.05) is 6.92 Å². The lowest BCUT2D eigenvalue weighted by atomic mass is 9.79. The maximum absolute atomic E-state index is 5.75. The number of nitrogens with zero attached hydrogens (tertiary/aromatic N) is 2. The molecular formula is C18H22N4O. The summed E-state index contributed by atoms with van der Waals surface area (Å²) in [6, 6.07) is 6.55. The van der Waals surface area contributed by atoms with Gasteiger partial charge in [0.05, 0.1) is 12.0 Å². The molecule has 0 aliphatic heterocycles. The molecule has 0 bridgehead atoms. The third kappa shape index (κ3) is 2.99. The summed E-state index contributed by atoms with van der Waals surface area (Å²) in [5.74, 6) is 1.25. The first-order valence-corrected chi connectivity index (χ1v) is 7.75. The Balaban J connectivity index is 2.06. The Morgan fingerprint density at radius 3 is 2.65 bits per heavy atom. The number of hydrogen-bond acceptors (Lipinski definition) is 3. The molecule has 0 amide bonds. The van der Waals surface area contributed by atoms with Crippen molar-refractivity contribution in [2.24, 2.45) is 21.7 Å². The topological polar surface area (TPSA) is 89.9 Å². The molecule has 0 saturated heterocycles. The minimum atomic E-state index is -0.0333. The second kappa shape index (κ2) is 5.91. The molecule has 0 radical (unpaired) electrons. The molecule has 1 aromatic heterocycles. The van der Waals surface area contributed by atoms with Crippen molar-refractivity contribution in [3.05, 3.63) is 58.0 Å². The molecule has 0 spiro atoms. The molecule has 23 heavy (non-hydrogen) atoms. The molecule has 3 rings (SSSR count). The molecule has 0 saturated carbocycles. The van der Waals surface area contributed by atoms with Crippen molar-refractivity contribution in [2.45, 2.75) is 39.5 Å². The van der Waals surface area contributed by atoms with Gasteiger partial charge in [0.1, 0.15) is 5.76 Å². The lowest BCUT2D eigenvalue weighted by Crippen LogP contribution is -2.23. The summed E-state index contributed by atoms with van der Waals surface area (Å²) in [5, 5.41) is 8.13. The largest absolute Gasteiger partial charge is 0.468 e. The summed E-state index contributed by atoms with van der Waals surface area (Å²) in [5.41, 5.74) is 17.8. The van der Waals surface area contributed by atoms with Gasteiger partial charge in [-0.15, -0.1) is 5.10 Å². The van der Waals surface area contributed by atoms with Gasteiger partial charge in [-0.1, -0.05) is 23.8 Å². The van der Waals surface area contributed by atoms with Crippen LogP contribution in [0.2, 0.25) is 0 Å². The zero-order valence-corrected chi connectivity index (χ0v) is 13.8. The van der Waals surface area contributed by atoms with Crippen molar-refractivity contribution in [1.82, 2.24) is 0 Å². The summed E-state index contributed by atoms with van der Waals surface area (Å²) in [4.78, 5) is 0. The Bertz CT molecular complexity index is 797. The Labute approximate surface area is 136 Å². The van der Waals surface area contributed by atoms with Crippen molar-refractivity contribution >= 4 is 11.7 Å². The first kappa shape index (κ1) is 15.3. The average Bonchev–Trinajstić information content (AvgIpc) is 2.88. The van der Waals surface area contributed by atoms with Crippen LogP contribution in [0.1, 0.15) is 45.9 Å². The first-order valence-electron chi connectivity index (χ1n) is 7.75. The quantitative estimate of drug-likeness (QED) is 0.507. The zero-order valence-electron chi connectivity index (χ0n) is 13.8. The van der Waals surface area contributed by atoms with Gasteiger partial charge < -0.3 is 15.9 Å². The fraction of sp³-hybridized carbons (Fsp3) is 0.333. The van der Waals surface area contributed by atoms with Gasteiger partial charge in [0.15, 0.2) is 0 Å². The third-order valence-corrected chi connectivity index (χ3v) is 4.37. The van der Waals surface area contributed by atoms with Gasteiger partial charge in [0.2, 0.25) is 5.96 Å². The molecule has 5 nitrogen and oxygen atoms in total. The molecule has 1 aliphatic rings. The van der Waals surface area contributed by atoms with E-state index in [4.69, 9.17) is 15.9 Å². The zero-order chi connectivity index (χ0) is 16.6. The molecular weight excluding hydrogens is 288 g/mol. The molecule has 2 aromatic rings. The van der Waals surface area contributed by atoms with E-state index in [1.165, 1.54) is 16.7 Å². The van der Waals surface area contributed by atoms with Crippen LogP contribution in [0.3, 0.4) is 0 Å². The van der Waals surface area contributed by atoms with Crippen molar-refractivity contribution in [3.63, 3.8) is 0 Å². The minimum absolute atomic E-state index is 0.0333. The SMILES string of the molecule is Cc1ccc(C)c(C2C/C(=N/N=C(N)N)c3c(C)coc3C2)c1. The first-order chi connectivity index (χ1) is 11.0. The maximum atomic E-state index is 5.75. The number of fused-ring (bicyclic) bond motifs is 1. The number of nitrogens with two attached hydrogens (primary N) is 2. The van der Waals surface area contributed by atoms with E-state index in [0.717, 1.165) is 35.4 Å². The van der Waals surface area contributed by atoms with Gasteiger partial charge in [-0.25, -0.2) is 0 Å². The Kier molecular flexibility index (Phi) is 3.94. The van der Waals surface area contributed by atoms with Crippen LogP contribution in [-0.2, 0) is 6.42 Å². The van der Waals surface area contributed by atoms with Crippen molar-refractivity contribution in [1.29, 1.82) is 0 Å². The highest BCUT2D eigenvalue weighted by molar-refractivity contribution is 6.04. The molecule has 1 atom stereocenters. The van der Waals surface area contributed by atoms with Gasteiger partial charge in [-0.2, -0.15) is 5.10 Å². The van der Waals surface area contributed by atoms with E-state index in [2.05, 4.69) is 42.2 Å². The van der Waals surface area contributed by atoms with Crippen LogP contribution in [0.25, 0.3) is 0 Å². The molecule has 1 unspecified atom stereocenters. The molecule has 120 valence electrons. The molecule has 0 fully saturated rings. The second-order valence-electron chi connectivity index (χ2n) is 6.25. The van der Waals surface area contributed by atoms with E-state index >= 15 is 0 Å². The van der Waals surface area contributed by atoms with Crippen molar-refractivity contribution in [3.8, 4) is 0 Å². The molecule has 1 aliphatic carbocycles. The lowest BCUT2D eigenvalue weighted by Gasteiger charge is -2.25.